The van der Waals surface area contributed by atoms with Crippen molar-refractivity contribution in [1.82, 2.24) is 0 Å². The van der Waals surface area contributed by atoms with Gasteiger partial charge in [0.25, 0.3) is 0 Å². The predicted octanol–water partition coefficient (Wildman–Crippen LogP) is 4.05. The van der Waals surface area contributed by atoms with Crippen molar-refractivity contribution in [1.29, 1.82) is 0 Å². The Morgan fingerprint density at radius 1 is 0.842 bits per heavy atom. The summed E-state index contributed by atoms with van der Waals surface area (Å²) in [6.45, 7) is 0. The minimum atomic E-state index is -0.330. The first-order valence-corrected chi connectivity index (χ1v) is 6.91. The molecule has 94 valence electrons. The van der Waals surface area contributed by atoms with Gasteiger partial charge in [0.15, 0.2) is 0 Å². The fourth-order valence-electron chi connectivity index (χ4n) is 3.38. The van der Waals surface area contributed by atoms with Crippen LogP contribution in [0.4, 0.5) is 0 Å². The summed E-state index contributed by atoms with van der Waals surface area (Å²) in [6, 6.07) is 21.1. The summed E-state index contributed by atoms with van der Waals surface area (Å²) in [7, 11) is 0. The second kappa shape index (κ2) is 4.07. The number of allylic oxidation sites excluding steroid dienone is 1. The maximum absolute atomic E-state index is 6.35. The van der Waals surface area contributed by atoms with Crippen molar-refractivity contribution in [2.24, 2.45) is 0 Å². The lowest BCUT2D eigenvalue weighted by molar-refractivity contribution is -0.116. The normalized spacial score (nSPS) is 23.4. The van der Waals surface area contributed by atoms with Gasteiger partial charge >= 0.3 is 0 Å². The molecule has 1 saturated heterocycles. The molecule has 2 aromatic carbocycles. The summed E-state index contributed by atoms with van der Waals surface area (Å²) < 4.78 is 6.35. The molecule has 0 amide bonds. The number of rotatable bonds is 2. The lowest BCUT2D eigenvalue weighted by Gasteiger charge is -2.49. The Labute approximate surface area is 113 Å². The van der Waals surface area contributed by atoms with E-state index >= 15 is 0 Å². The summed E-state index contributed by atoms with van der Waals surface area (Å²) in [4.78, 5) is 0. The van der Waals surface area contributed by atoms with Gasteiger partial charge in [-0.25, -0.2) is 0 Å². The molecule has 19 heavy (non-hydrogen) atoms. The maximum Gasteiger partial charge on any atom is 0.143 e. The Kier molecular flexibility index (Phi) is 2.36. The molecule has 1 atom stereocenters. The molecule has 1 heteroatoms. The number of ether oxygens (including phenoxy) is 1. The van der Waals surface area contributed by atoms with Crippen LogP contribution in [0.2, 0.25) is 0 Å². The third-order valence-corrected chi connectivity index (χ3v) is 4.23. The Morgan fingerprint density at radius 2 is 1.42 bits per heavy atom. The average molecular weight is 248 g/mol. The summed E-state index contributed by atoms with van der Waals surface area (Å²) in [5.41, 5.74) is 3.60. The van der Waals surface area contributed by atoms with Crippen molar-refractivity contribution >= 4 is 0 Å². The van der Waals surface area contributed by atoms with Crippen LogP contribution in [0.15, 0.2) is 72.3 Å². The molecule has 1 fully saturated rings. The minimum Gasteiger partial charge on any atom is -0.353 e. The van der Waals surface area contributed by atoms with Gasteiger partial charge in [-0.15, -0.1) is 0 Å². The van der Waals surface area contributed by atoms with Crippen molar-refractivity contribution in [2.75, 3.05) is 0 Å². The molecule has 1 aliphatic carbocycles. The molecule has 2 aromatic rings. The van der Waals surface area contributed by atoms with E-state index in [1.54, 1.807) is 0 Å². The molecule has 1 aliphatic heterocycles. The lowest BCUT2D eigenvalue weighted by Crippen LogP contribution is -2.50. The molecule has 2 aliphatic rings. The monoisotopic (exact) mass is 248 g/mol. The van der Waals surface area contributed by atoms with Crippen LogP contribution in [0.3, 0.4) is 0 Å². The van der Waals surface area contributed by atoms with Gasteiger partial charge in [0.1, 0.15) is 5.60 Å². The van der Waals surface area contributed by atoms with Crippen LogP contribution in [0.25, 0.3) is 0 Å². The SMILES string of the molecule is C1=C2C(CC1)OC2(c1ccccc1)c1ccccc1. The summed E-state index contributed by atoms with van der Waals surface area (Å²) in [6.07, 6.45) is 4.98. The van der Waals surface area contributed by atoms with Gasteiger partial charge in [-0.05, 0) is 29.5 Å². The molecule has 0 saturated carbocycles. The van der Waals surface area contributed by atoms with Crippen molar-refractivity contribution < 1.29 is 4.74 Å². The zero-order chi connectivity index (χ0) is 12.7. The molecule has 0 aromatic heterocycles. The Hall–Kier alpha value is -1.86. The summed E-state index contributed by atoms with van der Waals surface area (Å²) in [5.74, 6) is 0. The smallest absolute Gasteiger partial charge is 0.143 e. The molecule has 1 heterocycles. The van der Waals surface area contributed by atoms with Crippen LogP contribution in [-0.2, 0) is 10.3 Å². The van der Waals surface area contributed by atoms with E-state index in [0.717, 1.165) is 12.8 Å². The molecular formula is C18H16O. The molecule has 1 nitrogen and oxygen atoms in total. The minimum absolute atomic E-state index is 0.330. The predicted molar refractivity (Wildman–Crippen MR) is 75.9 cm³/mol. The van der Waals surface area contributed by atoms with Crippen LogP contribution in [0, 0.1) is 0 Å². The highest BCUT2D eigenvalue weighted by atomic mass is 16.5. The zero-order valence-corrected chi connectivity index (χ0v) is 10.8. The highest BCUT2D eigenvalue weighted by Gasteiger charge is 2.54. The van der Waals surface area contributed by atoms with Crippen LogP contribution in [0.1, 0.15) is 24.0 Å². The second-order valence-corrected chi connectivity index (χ2v) is 5.26. The Balaban J connectivity index is 1.91. The van der Waals surface area contributed by atoms with Gasteiger partial charge in [0.05, 0.1) is 6.10 Å². The lowest BCUT2D eigenvalue weighted by atomic mass is 9.74. The zero-order valence-electron chi connectivity index (χ0n) is 10.8. The second-order valence-electron chi connectivity index (χ2n) is 5.26. The largest absolute Gasteiger partial charge is 0.353 e. The third kappa shape index (κ3) is 1.45. The van der Waals surface area contributed by atoms with Crippen molar-refractivity contribution in [3.63, 3.8) is 0 Å². The van der Waals surface area contributed by atoms with Gasteiger partial charge in [-0.2, -0.15) is 0 Å². The first kappa shape index (κ1) is 11.0. The number of hydrogen-bond acceptors (Lipinski definition) is 1. The fourth-order valence-corrected chi connectivity index (χ4v) is 3.38. The van der Waals surface area contributed by atoms with Crippen LogP contribution in [-0.4, -0.2) is 6.10 Å². The van der Waals surface area contributed by atoms with E-state index in [-0.39, 0.29) is 5.60 Å². The molecule has 0 radical (unpaired) electrons. The van der Waals surface area contributed by atoms with Crippen LogP contribution >= 0.6 is 0 Å². The maximum atomic E-state index is 6.35. The molecule has 0 spiro atoms. The van der Waals surface area contributed by atoms with E-state index in [1.807, 2.05) is 0 Å². The van der Waals surface area contributed by atoms with Crippen LogP contribution < -0.4 is 0 Å². The van der Waals surface area contributed by atoms with E-state index in [1.165, 1.54) is 16.7 Å². The van der Waals surface area contributed by atoms with E-state index in [2.05, 4.69) is 66.7 Å². The van der Waals surface area contributed by atoms with Gasteiger partial charge in [-0.1, -0.05) is 66.7 Å². The van der Waals surface area contributed by atoms with Gasteiger partial charge in [-0.3, -0.25) is 0 Å². The van der Waals surface area contributed by atoms with E-state index in [9.17, 15) is 0 Å². The highest BCUT2D eigenvalue weighted by molar-refractivity contribution is 5.52. The van der Waals surface area contributed by atoms with Gasteiger partial charge in [0.2, 0.25) is 0 Å². The number of benzene rings is 2. The van der Waals surface area contributed by atoms with E-state index in [4.69, 9.17) is 4.74 Å². The number of fused-ring (bicyclic) bond motifs is 1. The first-order valence-electron chi connectivity index (χ1n) is 6.91. The van der Waals surface area contributed by atoms with E-state index < -0.39 is 0 Å². The van der Waals surface area contributed by atoms with Crippen molar-refractivity contribution in [3.8, 4) is 0 Å². The Morgan fingerprint density at radius 3 is 1.95 bits per heavy atom. The highest BCUT2D eigenvalue weighted by Crippen LogP contribution is 2.55. The summed E-state index contributed by atoms with van der Waals surface area (Å²) >= 11 is 0. The summed E-state index contributed by atoms with van der Waals surface area (Å²) in [5, 5.41) is 0. The first-order chi connectivity index (χ1) is 9.41. The van der Waals surface area contributed by atoms with Gasteiger partial charge in [0, 0.05) is 0 Å². The van der Waals surface area contributed by atoms with E-state index in [0.29, 0.717) is 6.10 Å². The average Bonchev–Trinajstić information content (AvgIpc) is 2.85. The Bertz CT molecular complexity index is 573. The third-order valence-electron chi connectivity index (χ3n) is 4.23. The standard InChI is InChI=1S/C18H16O/c1-3-8-14(9-4-1)18(15-10-5-2-6-11-15)16-12-7-13-17(16)19-18/h1-6,8-12,17H,7,13H2. The van der Waals surface area contributed by atoms with Gasteiger partial charge < -0.3 is 4.74 Å². The molecule has 1 unspecified atom stereocenters. The fraction of sp³-hybridized carbons (Fsp3) is 0.222. The van der Waals surface area contributed by atoms with Crippen molar-refractivity contribution in [2.45, 2.75) is 24.5 Å². The molecular weight excluding hydrogens is 232 g/mol. The molecule has 4 rings (SSSR count). The van der Waals surface area contributed by atoms with Crippen molar-refractivity contribution in [3.05, 3.63) is 83.4 Å². The molecule has 0 bridgehead atoms. The topological polar surface area (TPSA) is 9.23 Å². The van der Waals surface area contributed by atoms with Crippen LogP contribution in [0.5, 0.6) is 0 Å². The quantitative estimate of drug-likeness (QED) is 0.728. The number of hydrogen-bond donors (Lipinski definition) is 0. The molecule has 0 N–H and O–H groups in total.